The predicted octanol–water partition coefficient (Wildman–Crippen LogP) is 3.71. The zero-order valence-corrected chi connectivity index (χ0v) is 23.0. The third-order valence-corrected chi connectivity index (χ3v) is 9.20. The average molecular weight is 548 g/mol. The first kappa shape index (κ1) is 27.6. The second-order valence-corrected chi connectivity index (χ2v) is 11.9. The summed E-state index contributed by atoms with van der Waals surface area (Å²) in [6.07, 6.45) is 1.78. The van der Waals surface area contributed by atoms with Crippen LogP contribution in [0, 0.1) is 6.92 Å². The minimum absolute atomic E-state index is 0.0625. The number of thiazole rings is 1. The Morgan fingerprint density at radius 3 is 2.43 bits per heavy atom. The summed E-state index contributed by atoms with van der Waals surface area (Å²) in [5, 5.41) is 0.600. The van der Waals surface area contributed by atoms with Crippen LogP contribution in [0.2, 0.25) is 0 Å². The van der Waals surface area contributed by atoms with Gasteiger partial charge >= 0.3 is 0 Å². The van der Waals surface area contributed by atoms with Gasteiger partial charge in [-0.2, -0.15) is 4.31 Å². The molecule has 1 aromatic heterocycles. The maximum absolute atomic E-state index is 13.7. The molecule has 9 nitrogen and oxygen atoms in total. The van der Waals surface area contributed by atoms with E-state index in [0.29, 0.717) is 23.8 Å². The van der Waals surface area contributed by atoms with Gasteiger partial charge in [-0.1, -0.05) is 17.4 Å². The highest BCUT2D eigenvalue weighted by molar-refractivity contribution is 7.89. The van der Waals surface area contributed by atoms with Crippen LogP contribution in [0.5, 0.6) is 0 Å². The van der Waals surface area contributed by atoms with Crippen molar-refractivity contribution in [3.05, 3.63) is 53.6 Å². The lowest BCUT2D eigenvalue weighted by molar-refractivity contribution is 0.0917. The molecule has 3 aromatic rings. The summed E-state index contributed by atoms with van der Waals surface area (Å²) in [7, 11) is -0.734. The lowest BCUT2D eigenvalue weighted by Crippen LogP contribution is -2.38. The summed E-state index contributed by atoms with van der Waals surface area (Å²) in [4.78, 5) is 20.2. The minimum atomic E-state index is -3.78. The number of ether oxygens (including phenoxy) is 3. The zero-order chi connectivity index (χ0) is 26.4. The minimum Gasteiger partial charge on any atom is -0.383 e. The summed E-state index contributed by atoms with van der Waals surface area (Å²) < 4.78 is 44.8. The number of aryl methyl sites for hydroxylation is 1. The van der Waals surface area contributed by atoms with Gasteiger partial charge in [-0.3, -0.25) is 9.69 Å². The summed E-state index contributed by atoms with van der Waals surface area (Å²) in [6, 6.07) is 12.1. The van der Waals surface area contributed by atoms with Gasteiger partial charge in [0.1, 0.15) is 0 Å². The van der Waals surface area contributed by atoms with E-state index >= 15 is 0 Å². The number of aromatic nitrogens is 1. The lowest BCUT2D eigenvalue weighted by Gasteiger charge is -2.24. The van der Waals surface area contributed by atoms with Gasteiger partial charge < -0.3 is 14.2 Å². The Morgan fingerprint density at radius 2 is 1.81 bits per heavy atom. The molecule has 1 saturated heterocycles. The molecule has 1 aliphatic rings. The zero-order valence-electron chi connectivity index (χ0n) is 21.4. The maximum atomic E-state index is 13.7. The molecule has 37 heavy (non-hydrogen) atoms. The van der Waals surface area contributed by atoms with Gasteiger partial charge in [0.25, 0.3) is 5.91 Å². The van der Waals surface area contributed by atoms with Crippen molar-refractivity contribution in [3.63, 3.8) is 0 Å². The van der Waals surface area contributed by atoms with Crippen molar-refractivity contribution in [2.24, 2.45) is 0 Å². The monoisotopic (exact) mass is 547 g/mol. The number of hydrogen-bond acceptors (Lipinski definition) is 8. The smallest absolute Gasteiger partial charge is 0.260 e. The quantitative estimate of drug-likeness (QED) is 0.341. The van der Waals surface area contributed by atoms with Crippen molar-refractivity contribution in [1.29, 1.82) is 0 Å². The van der Waals surface area contributed by atoms with Crippen LogP contribution in [-0.4, -0.2) is 83.4 Å². The van der Waals surface area contributed by atoms with Crippen LogP contribution >= 0.6 is 11.3 Å². The third-order valence-electron chi connectivity index (χ3n) is 6.25. The SMILES string of the molecule is COCCN(CCOC)S(=O)(=O)c1ccc(C(=O)N(CC2CCCO2)c2nc3ccc(C)cc3s2)cc1. The Morgan fingerprint density at radius 1 is 1.11 bits per heavy atom. The van der Waals surface area contributed by atoms with Gasteiger partial charge in [-0.05, 0) is 61.7 Å². The fraction of sp³-hybridized carbons (Fsp3) is 0.462. The van der Waals surface area contributed by atoms with Gasteiger partial charge in [0.05, 0.1) is 41.0 Å². The highest BCUT2D eigenvalue weighted by atomic mass is 32.2. The number of carbonyl (C=O) groups is 1. The van der Waals surface area contributed by atoms with Crippen LogP contribution in [0.4, 0.5) is 5.13 Å². The molecule has 0 aliphatic carbocycles. The second-order valence-electron chi connectivity index (χ2n) is 8.93. The molecule has 0 bridgehead atoms. The standard InChI is InChI=1S/C26H33N3O6S2/c1-19-6-11-23-24(17-19)36-26(27-23)29(18-21-5-4-14-35-21)25(30)20-7-9-22(10-8-20)37(31,32)28(12-15-33-2)13-16-34-3/h6-11,17,21H,4-5,12-16,18H2,1-3H3. The first-order chi connectivity index (χ1) is 17.8. The van der Waals surface area contributed by atoms with Gasteiger partial charge in [-0.25, -0.2) is 13.4 Å². The van der Waals surface area contributed by atoms with Gasteiger partial charge in [0.15, 0.2) is 5.13 Å². The van der Waals surface area contributed by atoms with Crippen molar-refractivity contribution in [2.45, 2.75) is 30.8 Å². The van der Waals surface area contributed by atoms with Crippen molar-refractivity contribution in [1.82, 2.24) is 9.29 Å². The summed E-state index contributed by atoms with van der Waals surface area (Å²) in [6.45, 7) is 4.03. The fourth-order valence-corrected chi connectivity index (χ4v) is 6.67. The molecular formula is C26H33N3O6S2. The highest BCUT2D eigenvalue weighted by Gasteiger charge is 2.28. The number of nitrogens with zero attached hydrogens (tertiary/aromatic N) is 3. The molecule has 1 atom stereocenters. The number of hydrogen-bond donors (Lipinski definition) is 0. The Hall–Kier alpha value is -2.41. The molecule has 1 unspecified atom stereocenters. The second kappa shape index (κ2) is 12.4. The average Bonchev–Trinajstić information content (AvgIpc) is 3.56. The predicted molar refractivity (Wildman–Crippen MR) is 144 cm³/mol. The number of sulfonamides is 1. The molecule has 2 aromatic carbocycles. The Balaban J connectivity index is 1.60. The number of amides is 1. The molecule has 1 amide bonds. The Bertz CT molecular complexity index is 1300. The number of anilines is 1. The topological polar surface area (TPSA) is 98.3 Å². The van der Waals surface area contributed by atoms with Crippen molar-refractivity contribution in [3.8, 4) is 0 Å². The number of benzene rings is 2. The van der Waals surface area contributed by atoms with E-state index in [2.05, 4.69) is 6.07 Å². The van der Waals surface area contributed by atoms with Crippen LogP contribution < -0.4 is 4.90 Å². The van der Waals surface area contributed by atoms with Crippen LogP contribution in [0.1, 0.15) is 28.8 Å². The fourth-order valence-electron chi connectivity index (χ4n) is 4.19. The van der Waals surface area contributed by atoms with E-state index in [-0.39, 0.29) is 43.2 Å². The first-order valence-corrected chi connectivity index (χ1v) is 14.5. The third kappa shape index (κ3) is 6.54. The molecule has 0 spiro atoms. The van der Waals surface area contributed by atoms with Gasteiger partial charge in [0.2, 0.25) is 10.0 Å². The summed E-state index contributed by atoms with van der Waals surface area (Å²) >= 11 is 1.46. The molecule has 2 heterocycles. The Labute approximate surface area is 222 Å². The molecule has 1 aliphatic heterocycles. The molecule has 200 valence electrons. The van der Waals surface area contributed by atoms with Crippen molar-refractivity contribution in [2.75, 3.05) is 58.6 Å². The number of carbonyl (C=O) groups excluding carboxylic acids is 1. The summed E-state index contributed by atoms with van der Waals surface area (Å²) in [5.41, 5.74) is 2.35. The molecular weight excluding hydrogens is 514 g/mol. The van der Waals surface area contributed by atoms with E-state index < -0.39 is 10.0 Å². The number of fused-ring (bicyclic) bond motifs is 1. The lowest BCUT2D eigenvalue weighted by atomic mass is 10.2. The maximum Gasteiger partial charge on any atom is 0.260 e. The molecule has 11 heteroatoms. The molecule has 0 radical (unpaired) electrons. The summed E-state index contributed by atoms with van der Waals surface area (Å²) in [5.74, 6) is -0.245. The van der Waals surface area contributed by atoms with Crippen LogP contribution in [0.15, 0.2) is 47.4 Å². The number of rotatable bonds is 12. The van der Waals surface area contributed by atoms with E-state index in [0.717, 1.165) is 28.6 Å². The van der Waals surface area contributed by atoms with Gasteiger partial charge in [0, 0.05) is 39.5 Å². The first-order valence-electron chi connectivity index (χ1n) is 12.2. The molecule has 4 rings (SSSR count). The van der Waals surface area contributed by atoms with Crippen LogP contribution in [0.25, 0.3) is 10.2 Å². The van der Waals surface area contributed by atoms with E-state index in [9.17, 15) is 13.2 Å². The van der Waals surface area contributed by atoms with E-state index in [1.807, 2.05) is 19.1 Å². The van der Waals surface area contributed by atoms with Crippen molar-refractivity contribution < 1.29 is 27.4 Å². The van der Waals surface area contributed by atoms with Crippen LogP contribution in [-0.2, 0) is 24.2 Å². The molecule has 1 fully saturated rings. The number of methoxy groups -OCH3 is 2. The van der Waals surface area contributed by atoms with Gasteiger partial charge in [-0.15, -0.1) is 0 Å². The van der Waals surface area contributed by atoms with E-state index in [1.165, 1.54) is 42.0 Å². The van der Waals surface area contributed by atoms with Crippen molar-refractivity contribution >= 4 is 42.6 Å². The van der Waals surface area contributed by atoms with E-state index in [4.69, 9.17) is 19.2 Å². The molecule has 0 N–H and O–H groups in total. The Kier molecular flexibility index (Phi) is 9.27. The van der Waals surface area contributed by atoms with Crippen LogP contribution in [0.3, 0.4) is 0 Å². The largest absolute Gasteiger partial charge is 0.383 e. The molecule has 0 saturated carbocycles. The van der Waals surface area contributed by atoms with E-state index in [1.54, 1.807) is 17.0 Å². The highest BCUT2D eigenvalue weighted by Crippen LogP contribution is 2.31. The normalized spacial score (nSPS) is 16.1.